The molecule has 1 saturated carbocycles. The van der Waals surface area contributed by atoms with Gasteiger partial charge >= 0.3 is 0 Å². The Hall–Kier alpha value is -1.51. The van der Waals surface area contributed by atoms with Gasteiger partial charge < -0.3 is 10.1 Å². The van der Waals surface area contributed by atoms with Crippen molar-refractivity contribution in [2.45, 2.75) is 32.1 Å². The summed E-state index contributed by atoms with van der Waals surface area (Å²) in [5.74, 6) is 1.49. The van der Waals surface area contributed by atoms with Gasteiger partial charge in [0.05, 0.1) is 12.3 Å². The van der Waals surface area contributed by atoms with Gasteiger partial charge in [0.1, 0.15) is 5.75 Å². The van der Waals surface area contributed by atoms with Crippen LogP contribution in [-0.4, -0.2) is 13.0 Å². The topological polar surface area (TPSA) is 38.3 Å². The second-order valence-electron chi connectivity index (χ2n) is 4.14. The van der Waals surface area contributed by atoms with Gasteiger partial charge in [-0.1, -0.05) is 13.0 Å². The minimum Gasteiger partial charge on any atom is -0.491 e. The third-order valence-electron chi connectivity index (χ3n) is 2.73. The van der Waals surface area contributed by atoms with Crippen LogP contribution in [-0.2, 0) is 4.79 Å². The first-order valence-electron chi connectivity index (χ1n) is 5.82. The van der Waals surface area contributed by atoms with E-state index in [1.807, 2.05) is 6.07 Å². The molecule has 2 rings (SSSR count). The quantitative estimate of drug-likeness (QED) is 0.747. The maximum atomic E-state index is 10.5. The molecule has 3 nitrogen and oxygen atoms in total. The fourth-order valence-corrected chi connectivity index (χ4v) is 1.72. The Labute approximate surface area is 95.8 Å². The van der Waals surface area contributed by atoms with Crippen molar-refractivity contribution < 1.29 is 9.53 Å². The molecule has 1 fully saturated rings. The number of carbonyl (C=O) groups is 1. The number of rotatable bonds is 6. The maximum absolute atomic E-state index is 10.5. The normalized spacial score (nSPS) is 14.6. The van der Waals surface area contributed by atoms with Crippen LogP contribution in [0.25, 0.3) is 0 Å². The summed E-state index contributed by atoms with van der Waals surface area (Å²) in [6.07, 6.45) is 4.19. The van der Waals surface area contributed by atoms with Crippen molar-refractivity contribution in [3.05, 3.63) is 23.8 Å². The van der Waals surface area contributed by atoms with E-state index in [0.717, 1.165) is 17.9 Å². The zero-order chi connectivity index (χ0) is 11.4. The fraction of sp³-hybridized carbons (Fsp3) is 0.462. The number of anilines is 1. The van der Waals surface area contributed by atoms with Gasteiger partial charge in [0.15, 0.2) is 0 Å². The van der Waals surface area contributed by atoms with Crippen molar-refractivity contribution in [3.8, 4) is 5.75 Å². The number of benzene rings is 1. The van der Waals surface area contributed by atoms with Crippen LogP contribution < -0.4 is 10.1 Å². The van der Waals surface area contributed by atoms with Gasteiger partial charge in [-0.05, 0) is 42.9 Å². The van der Waals surface area contributed by atoms with Crippen molar-refractivity contribution in [3.63, 3.8) is 0 Å². The van der Waals surface area contributed by atoms with E-state index in [0.29, 0.717) is 18.9 Å². The van der Waals surface area contributed by atoms with Crippen LogP contribution in [0, 0.1) is 0 Å². The van der Waals surface area contributed by atoms with Crippen LogP contribution in [0.4, 0.5) is 5.69 Å². The molecule has 1 N–H and O–H groups in total. The Kier molecular flexibility index (Phi) is 3.44. The summed E-state index contributed by atoms with van der Waals surface area (Å²) in [7, 11) is 0. The highest BCUT2D eigenvalue weighted by molar-refractivity contribution is 5.75. The summed E-state index contributed by atoms with van der Waals surface area (Å²) in [4.78, 5) is 10.5. The van der Waals surface area contributed by atoms with Crippen LogP contribution in [0.15, 0.2) is 18.2 Å². The molecule has 16 heavy (non-hydrogen) atoms. The molecule has 1 amide bonds. The smallest absolute Gasteiger partial charge is 0.211 e. The molecule has 0 bridgehead atoms. The lowest BCUT2D eigenvalue weighted by molar-refractivity contribution is -0.105. The average molecular weight is 219 g/mol. The zero-order valence-corrected chi connectivity index (χ0v) is 9.53. The number of hydrogen-bond donors (Lipinski definition) is 1. The maximum Gasteiger partial charge on any atom is 0.211 e. The Bertz CT molecular complexity index is 372. The first-order valence-corrected chi connectivity index (χ1v) is 5.82. The predicted molar refractivity (Wildman–Crippen MR) is 63.9 cm³/mol. The molecule has 0 spiro atoms. The Balaban J connectivity index is 2.18. The van der Waals surface area contributed by atoms with Crippen LogP contribution in [0.5, 0.6) is 5.75 Å². The molecule has 1 aromatic carbocycles. The first kappa shape index (κ1) is 11.0. The molecule has 0 radical (unpaired) electrons. The molecule has 0 aromatic heterocycles. The van der Waals surface area contributed by atoms with Crippen molar-refractivity contribution in [2.75, 3.05) is 11.9 Å². The van der Waals surface area contributed by atoms with Crippen LogP contribution >= 0.6 is 0 Å². The third-order valence-corrected chi connectivity index (χ3v) is 2.73. The summed E-state index contributed by atoms with van der Waals surface area (Å²) in [5, 5.41) is 2.67. The highest BCUT2D eigenvalue weighted by Crippen LogP contribution is 2.42. The summed E-state index contributed by atoms with van der Waals surface area (Å²) in [6, 6.07) is 6.05. The van der Waals surface area contributed by atoms with Gasteiger partial charge in [0.2, 0.25) is 6.41 Å². The zero-order valence-electron chi connectivity index (χ0n) is 9.53. The van der Waals surface area contributed by atoms with E-state index in [1.54, 1.807) is 0 Å². The van der Waals surface area contributed by atoms with Gasteiger partial charge in [-0.15, -0.1) is 0 Å². The Morgan fingerprint density at radius 3 is 2.94 bits per heavy atom. The highest BCUT2D eigenvalue weighted by atomic mass is 16.5. The summed E-state index contributed by atoms with van der Waals surface area (Å²) in [5.41, 5.74) is 2.08. The largest absolute Gasteiger partial charge is 0.491 e. The van der Waals surface area contributed by atoms with E-state index in [9.17, 15) is 4.79 Å². The lowest BCUT2D eigenvalue weighted by atomic mass is 10.1. The second kappa shape index (κ2) is 5.01. The lowest BCUT2D eigenvalue weighted by Gasteiger charge is -2.11. The standard InChI is InChI=1S/C13H17NO2/c1-2-7-16-13-8-11(10-3-4-10)5-6-12(13)14-9-15/h5-6,8-10H,2-4,7H2,1H3,(H,14,15). The van der Waals surface area contributed by atoms with Gasteiger partial charge in [0, 0.05) is 0 Å². The van der Waals surface area contributed by atoms with Crippen LogP contribution in [0.2, 0.25) is 0 Å². The predicted octanol–water partition coefficient (Wildman–Crippen LogP) is 2.92. The molecule has 86 valence electrons. The van der Waals surface area contributed by atoms with Crippen molar-refractivity contribution in [2.24, 2.45) is 0 Å². The average Bonchev–Trinajstić information content (AvgIpc) is 3.12. The van der Waals surface area contributed by atoms with E-state index in [-0.39, 0.29) is 0 Å². The molecule has 0 aliphatic heterocycles. The number of amides is 1. The van der Waals surface area contributed by atoms with Crippen molar-refractivity contribution >= 4 is 12.1 Å². The monoisotopic (exact) mass is 219 g/mol. The summed E-state index contributed by atoms with van der Waals surface area (Å²) in [6.45, 7) is 2.75. The molecule has 0 heterocycles. The molecular weight excluding hydrogens is 202 g/mol. The van der Waals surface area contributed by atoms with Crippen LogP contribution in [0.1, 0.15) is 37.7 Å². The first-order chi connectivity index (χ1) is 7.85. The third kappa shape index (κ3) is 2.54. The molecule has 0 atom stereocenters. The van der Waals surface area contributed by atoms with Crippen molar-refractivity contribution in [1.29, 1.82) is 0 Å². The Morgan fingerprint density at radius 2 is 2.31 bits per heavy atom. The molecule has 0 unspecified atom stereocenters. The summed E-state index contributed by atoms with van der Waals surface area (Å²) < 4.78 is 5.64. The number of ether oxygens (including phenoxy) is 1. The lowest BCUT2D eigenvalue weighted by Crippen LogP contribution is -2.02. The Morgan fingerprint density at radius 1 is 1.50 bits per heavy atom. The van der Waals surface area contributed by atoms with E-state index in [1.165, 1.54) is 18.4 Å². The van der Waals surface area contributed by atoms with E-state index >= 15 is 0 Å². The number of hydrogen-bond acceptors (Lipinski definition) is 2. The highest BCUT2D eigenvalue weighted by Gasteiger charge is 2.24. The van der Waals surface area contributed by atoms with E-state index < -0.39 is 0 Å². The van der Waals surface area contributed by atoms with Gasteiger partial charge in [-0.3, -0.25) is 4.79 Å². The summed E-state index contributed by atoms with van der Waals surface area (Å²) >= 11 is 0. The van der Waals surface area contributed by atoms with Gasteiger partial charge in [-0.2, -0.15) is 0 Å². The molecular formula is C13H17NO2. The minimum absolute atomic E-state index is 0.682. The molecule has 0 saturated heterocycles. The van der Waals surface area contributed by atoms with E-state index in [4.69, 9.17) is 4.74 Å². The van der Waals surface area contributed by atoms with Crippen LogP contribution in [0.3, 0.4) is 0 Å². The van der Waals surface area contributed by atoms with Crippen molar-refractivity contribution in [1.82, 2.24) is 0 Å². The van der Waals surface area contributed by atoms with Gasteiger partial charge in [0.25, 0.3) is 0 Å². The minimum atomic E-state index is 0.682. The SMILES string of the molecule is CCCOc1cc(C2CC2)ccc1NC=O. The second-order valence-corrected chi connectivity index (χ2v) is 4.14. The molecule has 3 heteroatoms. The number of carbonyl (C=O) groups excluding carboxylic acids is 1. The van der Waals surface area contributed by atoms with Gasteiger partial charge in [-0.25, -0.2) is 0 Å². The molecule has 1 aliphatic carbocycles. The number of nitrogens with one attached hydrogen (secondary N) is 1. The molecule has 1 aromatic rings. The fourth-order valence-electron chi connectivity index (χ4n) is 1.72. The van der Waals surface area contributed by atoms with E-state index in [2.05, 4.69) is 24.4 Å². The molecule has 1 aliphatic rings.